The van der Waals surface area contributed by atoms with Crippen molar-refractivity contribution in [3.63, 3.8) is 0 Å². The average molecular weight is 375 g/mol. The maximum absolute atomic E-state index is 14.0. The van der Waals surface area contributed by atoms with Crippen molar-refractivity contribution in [3.8, 4) is 5.88 Å². The normalized spacial score (nSPS) is 24.8. The number of nitrogens with zero attached hydrogens (tertiary/aromatic N) is 3. The summed E-state index contributed by atoms with van der Waals surface area (Å²) in [5, 5.41) is 15.1. The fourth-order valence-corrected chi connectivity index (χ4v) is 5.55. The van der Waals surface area contributed by atoms with Crippen LogP contribution in [-0.2, 0) is 0 Å². The molecule has 1 aromatic carbocycles. The van der Waals surface area contributed by atoms with Gasteiger partial charge in [0, 0.05) is 17.4 Å². The monoisotopic (exact) mass is 375 g/mol. The smallest absolute Gasteiger partial charge is 0.235 e. The number of aromatic hydroxyl groups is 1. The molecule has 2 aromatic heterocycles. The summed E-state index contributed by atoms with van der Waals surface area (Å²) in [6, 6.07) is 6.62. The molecule has 0 amide bonds. The highest BCUT2D eigenvalue weighted by atomic mass is 32.1. The van der Waals surface area contributed by atoms with Crippen molar-refractivity contribution in [2.24, 2.45) is 11.8 Å². The lowest BCUT2D eigenvalue weighted by Crippen LogP contribution is -3.14. The van der Waals surface area contributed by atoms with E-state index < -0.39 is 0 Å². The number of hydrogen-bond acceptors (Lipinski definition) is 4. The Morgan fingerprint density at radius 3 is 2.69 bits per heavy atom. The molecule has 0 bridgehead atoms. The van der Waals surface area contributed by atoms with Gasteiger partial charge in [0.15, 0.2) is 6.04 Å². The van der Waals surface area contributed by atoms with E-state index in [0.29, 0.717) is 22.6 Å². The SMILES string of the molecule is Cc1nc2sc([C@@H](c3cccc(F)c3)[NH+]3C[C@@H](C)C[C@H](C)C3)c(O)n2n1. The Labute approximate surface area is 156 Å². The summed E-state index contributed by atoms with van der Waals surface area (Å²) in [5.41, 5.74) is 0.887. The Balaban J connectivity index is 1.84. The molecular weight excluding hydrogens is 351 g/mol. The largest absolute Gasteiger partial charge is 0.492 e. The lowest BCUT2D eigenvalue weighted by molar-refractivity contribution is -0.936. The second-order valence-electron chi connectivity index (χ2n) is 7.64. The van der Waals surface area contributed by atoms with Gasteiger partial charge in [0.2, 0.25) is 10.8 Å². The molecule has 26 heavy (non-hydrogen) atoms. The molecule has 1 aliphatic rings. The van der Waals surface area contributed by atoms with Gasteiger partial charge in [-0.2, -0.15) is 4.52 Å². The van der Waals surface area contributed by atoms with Crippen LogP contribution < -0.4 is 4.90 Å². The first kappa shape index (κ1) is 17.4. The van der Waals surface area contributed by atoms with Crippen molar-refractivity contribution >= 4 is 16.3 Å². The van der Waals surface area contributed by atoms with Gasteiger partial charge in [-0.15, -0.1) is 5.10 Å². The highest BCUT2D eigenvalue weighted by Gasteiger charge is 2.37. The Kier molecular flexibility index (Phi) is 4.44. The second kappa shape index (κ2) is 6.63. The number of aromatic nitrogens is 3. The van der Waals surface area contributed by atoms with Crippen molar-refractivity contribution in [1.82, 2.24) is 14.6 Å². The van der Waals surface area contributed by atoms with Gasteiger partial charge in [0.05, 0.1) is 13.1 Å². The minimum Gasteiger partial charge on any atom is -0.492 e. The summed E-state index contributed by atoms with van der Waals surface area (Å²) in [7, 11) is 0. The highest BCUT2D eigenvalue weighted by molar-refractivity contribution is 7.17. The van der Waals surface area contributed by atoms with E-state index in [4.69, 9.17) is 0 Å². The lowest BCUT2D eigenvalue weighted by atomic mass is 9.89. The Bertz CT molecular complexity index is 927. The van der Waals surface area contributed by atoms with Gasteiger partial charge in [-0.1, -0.05) is 37.3 Å². The van der Waals surface area contributed by atoms with Crippen LogP contribution in [0, 0.1) is 24.6 Å². The molecular formula is C19H24FN4OS+. The lowest BCUT2D eigenvalue weighted by Gasteiger charge is -2.37. The molecule has 0 unspecified atom stereocenters. The van der Waals surface area contributed by atoms with E-state index in [1.165, 1.54) is 33.2 Å². The second-order valence-corrected chi connectivity index (χ2v) is 8.65. The van der Waals surface area contributed by atoms with Gasteiger partial charge < -0.3 is 10.0 Å². The van der Waals surface area contributed by atoms with Crippen LogP contribution in [0.2, 0.25) is 0 Å². The number of benzene rings is 1. The Hall–Kier alpha value is -1.99. The zero-order chi connectivity index (χ0) is 18.4. The fraction of sp³-hybridized carbons (Fsp3) is 0.474. The molecule has 1 saturated heterocycles. The molecule has 5 nitrogen and oxygen atoms in total. The number of likely N-dealkylation sites (tertiary alicyclic amines) is 1. The van der Waals surface area contributed by atoms with Crippen LogP contribution in [0.15, 0.2) is 24.3 Å². The standard InChI is InChI=1S/C19H23FN4OS/c1-11-7-12(2)10-23(9-11)16(14-5-4-6-15(20)8-14)17-18(25)24-19(26-17)21-13(3)22-24/h4-6,8,11-12,16,25H,7,9-10H2,1-3H3/p+1/t11-,12-,16+/m0/s1. The Morgan fingerprint density at radius 2 is 2.04 bits per heavy atom. The molecule has 3 atom stereocenters. The summed E-state index contributed by atoms with van der Waals surface area (Å²) in [5.74, 6) is 1.69. The molecule has 0 aliphatic carbocycles. The van der Waals surface area contributed by atoms with E-state index in [9.17, 15) is 9.50 Å². The van der Waals surface area contributed by atoms with Gasteiger partial charge in [0.1, 0.15) is 16.5 Å². The molecule has 7 heteroatoms. The topological polar surface area (TPSA) is 54.9 Å². The number of hydrogen-bond donors (Lipinski definition) is 2. The van der Waals surface area contributed by atoms with Crippen molar-refractivity contribution in [1.29, 1.82) is 0 Å². The molecule has 3 aromatic rings. The third-order valence-corrected chi connectivity index (χ3v) is 6.27. The molecule has 1 aliphatic heterocycles. The van der Waals surface area contributed by atoms with Gasteiger partial charge in [-0.25, -0.2) is 9.37 Å². The third kappa shape index (κ3) is 3.10. The number of fused-ring (bicyclic) bond motifs is 1. The van der Waals surface area contributed by atoms with Crippen molar-refractivity contribution < 1.29 is 14.4 Å². The van der Waals surface area contributed by atoms with E-state index >= 15 is 0 Å². The van der Waals surface area contributed by atoms with E-state index in [2.05, 4.69) is 23.9 Å². The van der Waals surface area contributed by atoms with Crippen LogP contribution in [0.25, 0.3) is 4.96 Å². The predicted molar refractivity (Wildman–Crippen MR) is 99.2 cm³/mol. The third-order valence-electron chi connectivity index (χ3n) is 5.18. The summed E-state index contributed by atoms with van der Waals surface area (Å²) < 4.78 is 15.5. The van der Waals surface area contributed by atoms with Gasteiger partial charge in [-0.05, 0) is 25.5 Å². The first-order valence-corrected chi connectivity index (χ1v) is 9.89. The number of quaternary nitrogens is 1. The van der Waals surface area contributed by atoms with Crippen LogP contribution in [0.1, 0.15) is 42.6 Å². The number of rotatable bonds is 3. The zero-order valence-electron chi connectivity index (χ0n) is 15.2. The first-order chi connectivity index (χ1) is 12.4. The molecule has 1 fully saturated rings. The minimum absolute atomic E-state index is 0.121. The maximum Gasteiger partial charge on any atom is 0.235 e. The van der Waals surface area contributed by atoms with E-state index in [1.54, 1.807) is 12.1 Å². The van der Waals surface area contributed by atoms with Crippen LogP contribution in [0.3, 0.4) is 0 Å². The minimum atomic E-state index is -0.250. The van der Waals surface area contributed by atoms with Crippen molar-refractivity contribution in [3.05, 3.63) is 46.3 Å². The number of thiazole rings is 1. The summed E-state index contributed by atoms with van der Waals surface area (Å²) in [4.78, 5) is 7.23. The number of nitrogens with one attached hydrogen (secondary N) is 1. The van der Waals surface area contributed by atoms with Gasteiger partial charge >= 0.3 is 0 Å². The van der Waals surface area contributed by atoms with Gasteiger partial charge in [-0.3, -0.25) is 0 Å². The average Bonchev–Trinajstić information content (AvgIpc) is 3.05. The molecule has 0 spiro atoms. The molecule has 138 valence electrons. The molecule has 4 rings (SSSR count). The fourth-order valence-electron chi connectivity index (χ4n) is 4.36. The highest BCUT2D eigenvalue weighted by Crippen LogP contribution is 2.35. The van der Waals surface area contributed by atoms with Crippen molar-refractivity contribution in [2.45, 2.75) is 33.2 Å². The molecule has 0 radical (unpaired) electrons. The van der Waals surface area contributed by atoms with Crippen LogP contribution in [0.4, 0.5) is 4.39 Å². The van der Waals surface area contributed by atoms with Gasteiger partial charge in [0.25, 0.3) is 0 Å². The number of halogens is 1. The van der Waals surface area contributed by atoms with E-state index in [0.717, 1.165) is 23.5 Å². The van der Waals surface area contributed by atoms with Crippen molar-refractivity contribution in [2.75, 3.05) is 13.1 Å². The summed E-state index contributed by atoms with van der Waals surface area (Å²) in [6.45, 7) is 8.34. The molecule has 0 saturated carbocycles. The number of aryl methyl sites for hydroxylation is 1. The molecule has 3 heterocycles. The maximum atomic E-state index is 14.0. The van der Waals surface area contributed by atoms with Crippen LogP contribution in [-0.4, -0.2) is 32.8 Å². The zero-order valence-corrected chi connectivity index (χ0v) is 16.1. The number of piperidine rings is 1. The van der Waals surface area contributed by atoms with Crippen LogP contribution in [0.5, 0.6) is 5.88 Å². The quantitative estimate of drug-likeness (QED) is 0.740. The molecule has 2 N–H and O–H groups in total. The summed E-state index contributed by atoms with van der Waals surface area (Å²) >= 11 is 1.45. The van der Waals surface area contributed by atoms with E-state index in [1.807, 2.05) is 13.0 Å². The first-order valence-electron chi connectivity index (χ1n) is 9.07. The predicted octanol–water partition coefficient (Wildman–Crippen LogP) is 2.59. The summed E-state index contributed by atoms with van der Waals surface area (Å²) in [6.07, 6.45) is 1.21. The van der Waals surface area contributed by atoms with Crippen LogP contribution >= 0.6 is 11.3 Å². The Morgan fingerprint density at radius 1 is 1.31 bits per heavy atom. The van der Waals surface area contributed by atoms with E-state index in [-0.39, 0.29) is 17.7 Å².